The summed E-state index contributed by atoms with van der Waals surface area (Å²) >= 11 is 0. The second kappa shape index (κ2) is 3.81. The van der Waals surface area contributed by atoms with Crippen LogP contribution < -0.4 is 10.2 Å². The number of ether oxygens (including phenoxy) is 1. The Morgan fingerprint density at radius 1 is 1.33 bits per heavy atom. The van der Waals surface area contributed by atoms with E-state index in [1.165, 1.54) is 7.11 Å². The molecular formula is C13H14N2O3. The van der Waals surface area contributed by atoms with Gasteiger partial charge in [-0.15, -0.1) is 0 Å². The molecule has 5 nitrogen and oxygen atoms in total. The molecule has 5 heteroatoms. The van der Waals surface area contributed by atoms with Gasteiger partial charge in [0.1, 0.15) is 6.04 Å². The van der Waals surface area contributed by atoms with Crippen molar-refractivity contribution >= 4 is 17.5 Å². The second-order valence-electron chi connectivity index (χ2n) is 4.59. The highest BCUT2D eigenvalue weighted by molar-refractivity contribution is 6.11. The molecule has 3 fully saturated rings. The maximum absolute atomic E-state index is 12.5. The van der Waals surface area contributed by atoms with E-state index in [0.29, 0.717) is 12.8 Å². The molecule has 1 N–H and O–H groups in total. The number of amides is 2. The van der Waals surface area contributed by atoms with Gasteiger partial charge in [0.05, 0.1) is 0 Å². The van der Waals surface area contributed by atoms with E-state index in [1.54, 1.807) is 4.90 Å². The van der Waals surface area contributed by atoms with Crippen molar-refractivity contribution in [3.05, 3.63) is 30.3 Å². The van der Waals surface area contributed by atoms with Crippen molar-refractivity contribution in [2.45, 2.75) is 24.6 Å². The van der Waals surface area contributed by atoms with Crippen LogP contribution in [0.15, 0.2) is 30.3 Å². The van der Waals surface area contributed by atoms with Crippen LogP contribution >= 0.6 is 0 Å². The maximum atomic E-state index is 12.5. The van der Waals surface area contributed by atoms with Crippen LogP contribution in [0, 0.1) is 0 Å². The molecule has 0 saturated carbocycles. The number of carbonyl (C=O) groups is 2. The average molecular weight is 246 g/mol. The molecule has 1 aromatic rings. The van der Waals surface area contributed by atoms with Gasteiger partial charge in [0.15, 0.2) is 0 Å². The van der Waals surface area contributed by atoms with E-state index in [2.05, 4.69) is 5.32 Å². The standard InChI is InChI=1S/C13H14N2O3/c1-18-13-8-7-10(11(16)14-13)15(12(13)17)9-5-3-2-4-6-9/h2-6,10H,7-8H2,1H3,(H,14,16). The van der Waals surface area contributed by atoms with Gasteiger partial charge in [-0.3, -0.25) is 14.5 Å². The van der Waals surface area contributed by atoms with Gasteiger partial charge in [0.2, 0.25) is 11.6 Å². The Morgan fingerprint density at radius 2 is 2.06 bits per heavy atom. The second-order valence-corrected chi connectivity index (χ2v) is 4.59. The molecule has 0 aliphatic carbocycles. The minimum Gasteiger partial charge on any atom is -0.350 e. The highest BCUT2D eigenvalue weighted by Crippen LogP contribution is 2.36. The van der Waals surface area contributed by atoms with E-state index >= 15 is 0 Å². The van der Waals surface area contributed by atoms with E-state index in [0.717, 1.165) is 5.69 Å². The zero-order valence-corrected chi connectivity index (χ0v) is 10.1. The van der Waals surface area contributed by atoms with Crippen LogP contribution in [-0.2, 0) is 14.3 Å². The van der Waals surface area contributed by atoms with E-state index < -0.39 is 11.8 Å². The minimum absolute atomic E-state index is 0.147. The summed E-state index contributed by atoms with van der Waals surface area (Å²) in [6.07, 6.45) is 1.16. The quantitative estimate of drug-likeness (QED) is 0.833. The molecule has 0 radical (unpaired) electrons. The lowest BCUT2D eigenvalue weighted by Crippen LogP contribution is -2.75. The topological polar surface area (TPSA) is 58.6 Å². The fraction of sp³-hybridized carbons (Fsp3) is 0.385. The maximum Gasteiger partial charge on any atom is 0.281 e. The van der Waals surface area contributed by atoms with Crippen LogP contribution in [0.4, 0.5) is 5.69 Å². The van der Waals surface area contributed by atoms with Gasteiger partial charge in [0.25, 0.3) is 5.91 Å². The number of methoxy groups -OCH3 is 1. The monoisotopic (exact) mass is 246 g/mol. The molecule has 18 heavy (non-hydrogen) atoms. The van der Waals surface area contributed by atoms with Crippen LogP contribution in [-0.4, -0.2) is 30.7 Å². The molecule has 2 unspecified atom stereocenters. The van der Waals surface area contributed by atoms with Gasteiger partial charge in [-0.25, -0.2) is 0 Å². The number of benzene rings is 1. The summed E-state index contributed by atoms with van der Waals surface area (Å²) in [5.41, 5.74) is -0.440. The van der Waals surface area contributed by atoms with Gasteiger partial charge >= 0.3 is 0 Å². The molecule has 0 spiro atoms. The molecular weight excluding hydrogens is 232 g/mol. The summed E-state index contributed by atoms with van der Waals surface area (Å²) in [7, 11) is 1.45. The van der Waals surface area contributed by atoms with Crippen LogP contribution in [0.2, 0.25) is 0 Å². The SMILES string of the molecule is COC12CCC(C(=O)N1)N(c1ccccc1)C2=O. The van der Waals surface area contributed by atoms with Gasteiger partial charge in [-0.1, -0.05) is 18.2 Å². The smallest absolute Gasteiger partial charge is 0.281 e. The molecule has 3 aliphatic heterocycles. The van der Waals surface area contributed by atoms with Crippen molar-refractivity contribution in [2.75, 3.05) is 12.0 Å². The lowest BCUT2D eigenvalue weighted by molar-refractivity contribution is -0.166. The molecule has 3 heterocycles. The first-order valence-corrected chi connectivity index (χ1v) is 5.94. The molecule has 0 aromatic heterocycles. The first-order valence-electron chi connectivity index (χ1n) is 5.94. The number of fused-ring (bicyclic) bond motifs is 3. The Balaban J connectivity index is 2.05. The Hall–Kier alpha value is -1.88. The average Bonchev–Trinajstić information content (AvgIpc) is 2.41. The molecule has 2 atom stereocenters. The fourth-order valence-electron chi connectivity index (χ4n) is 2.68. The number of rotatable bonds is 2. The summed E-state index contributed by atoms with van der Waals surface area (Å²) in [6.45, 7) is 0. The Labute approximate surface area is 105 Å². The zero-order chi connectivity index (χ0) is 12.8. The van der Waals surface area contributed by atoms with Crippen molar-refractivity contribution in [3.63, 3.8) is 0 Å². The summed E-state index contributed by atoms with van der Waals surface area (Å²) < 4.78 is 5.28. The number of piperazine rings is 1. The molecule has 2 amide bonds. The number of hydrogen-bond acceptors (Lipinski definition) is 3. The van der Waals surface area contributed by atoms with Crippen LogP contribution in [0.1, 0.15) is 12.8 Å². The Kier molecular flexibility index (Phi) is 2.38. The minimum atomic E-state index is -1.18. The van der Waals surface area contributed by atoms with E-state index in [1.807, 2.05) is 30.3 Å². The van der Waals surface area contributed by atoms with E-state index in [9.17, 15) is 9.59 Å². The van der Waals surface area contributed by atoms with Crippen LogP contribution in [0.5, 0.6) is 0 Å². The molecule has 4 rings (SSSR count). The number of anilines is 1. The number of hydrogen-bond donors (Lipinski definition) is 1. The van der Waals surface area contributed by atoms with Crippen molar-refractivity contribution in [2.24, 2.45) is 0 Å². The summed E-state index contributed by atoms with van der Waals surface area (Å²) in [5, 5.41) is 2.68. The van der Waals surface area contributed by atoms with Gasteiger partial charge in [0, 0.05) is 19.2 Å². The summed E-state index contributed by atoms with van der Waals surface area (Å²) in [4.78, 5) is 26.0. The van der Waals surface area contributed by atoms with Gasteiger partial charge < -0.3 is 10.1 Å². The lowest BCUT2D eigenvalue weighted by Gasteiger charge is -2.49. The number of nitrogens with one attached hydrogen (secondary N) is 1. The molecule has 1 aromatic carbocycles. The molecule has 2 bridgehead atoms. The van der Waals surface area contributed by atoms with Crippen molar-refractivity contribution in [1.29, 1.82) is 0 Å². The third-order valence-corrected chi connectivity index (χ3v) is 3.66. The predicted molar refractivity (Wildman–Crippen MR) is 64.8 cm³/mol. The number of para-hydroxylation sites is 1. The van der Waals surface area contributed by atoms with Crippen LogP contribution in [0.25, 0.3) is 0 Å². The van der Waals surface area contributed by atoms with Gasteiger partial charge in [-0.2, -0.15) is 0 Å². The largest absolute Gasteiger partial charge is 0.350 e. The molecule has 94 valence electrons. The van der Waals surface area contributed by atoms with Crippen molar-refractivity contribution < 1.29 is 14.3 Å². The number of piperidine rings is 2. The zero-order valence-electron chi connectivity index (χ0n) is 10.1. The predicted octanol–water partition coefficient (Wildman–Crippen LogP) is 0.654. The molecule has 3 aliphatic rings. The van der Waals surface area contributed by atoms with E-state index in [4.69, 9.17) is 4.74 Å². The number of nitrogens with zero attached hydrogens (tertiary/aromatic N) is 1. The summed E-state index contributed by atoms with van der Waals surface area (Å²) in [6, 6.07) is 8.81. The fourth-order valence-corrected chi connectivity index (χ4v) is 2.68. The third-order valence-electron chi connectivity index (χ3n) is 3.66. The van der Waals surface area contributed by atoms with Crippen molar-refractivity contribution in [3.8, 4) is 0 Å². The first kappa shape index (κ1) is 11.2. The number of carbonyl (C=O) groups excluding carboxylic acids is 2. The van der Waals surface area contributed by atoms with E-state index in [-0.39, 0.29) is 11.8 Å². The van der Waals surface area contributed by atoms with Crippen molar-refractivity contribution in [1.82, 2.24) is 5.32 Å². The highest BCUT2D eigenvalue weighted by Gasteiger charge is 2.56. The first-order chi connectivity index (χ1) is 8.68. The third kappa shape index (κ3) is 1.37. The van der Waals surface area contributed by atoms with Crippen LogP contribution in [0.3, 0.4) is 0 Å². The Bertz CT molecular complexity index is 502. The highest BCUT2D eigenvalue weighted by atomic mass is 16.5. The normalized spacial score (nSPS) is 30.5. The Morgan fingerprint density at radius 3 is 2.67 bits per heavy atom. The lowest BCUT2D eigenvalue weighted by atomic mass is 9.87. The summed E-state index contributed by atoms with van der Waals surface area (Å²) in [5.74, 6) is -0.335. The van der Waals surface area contributed by atoms with Gasteiger partial charge in [-0.05, 0) is 18.6 Å². The molecule has 3 saturated heterocycles.